The topological polar surface area (TPSA) is 29.5 Å². The summed E-state index contributed by atoms with van der Waals surface area (Å²) < 4.78 is 5.35. The van der Waals surface area contributed by atoms with E-state index in [9.17, 15) is 5.11 Å². The Hall–Kier alpha value is -1.02. The Labute approximate surface area is 116 Å². The summed E-state index contributed by atoms with van der Waals surface area (Å²) >= 11 is 0. The Balaban J connectivity index is 2.33. The molecule has 0 spiro atoms. The van der Waals surface area contributed by atoms with Gasteiger partial charge in [0.25, 0.3) is 0 Å². The third kappa shape index (κ3) is 2.79. The third-order valence-electron chi connectivity index (χ3n) is 4.73. The first-order valence-electron chi connectivity index (χ1n) is 7.31. The molecule has 106 valence electrons. The van der Waals surface area contributed by atoms with Crippen molar-refractivity contribution in [3.8, 4) is 5.75 Å². The first kappa shape index (κ1) is 14.4. The predicted molar refractivity (Wildman–Crippen MR) is 78.6 cm³/mol. The molecule has 1 atom stereocenters. The molecule has 0 aliphatic heterocycles. The van der Waals surface area contributed by atoms with Crippen molar-refractivity contribution < 1.29 is 9.84 Å². The second-order valence-corrected chi connectivity index (χ2v) is 6.30. The van der Waals surface area contributed by atoms with Crippen molar-refractivity contribution in [2.24, 2.45) is 5.41 Å². The maximum Gasteiger partial charge on any atom is 0.122 e. The largest absolute Gasteiger partial charge is 0.496 e. The molecule has 0 aromatic heterocycles. The number of hydrogen-bond donors (Lipinski definition) is 1. The zero-order valence-corrected chi connectivity index (χ0v) is 12.6. The Morgan fingerprint density at radius 1 is 1.11 bits per heavy atom. The molecule has 1 aromatic rings. The SMILES string of the molecule is COc1cc(C)c(C(O)C2(C)CCCCC2)cc1C. The zero-order valence-electron chi connectivity index (χ0n) is 12.6. The maximum atomic E-state index is 10.8. The van der Waals surface area contributed by atoms with Crippen molar-refractivity contribution in [3.63, 3.8) is 0 Å². The van der Waals surface area contributed by atoms with E-state index in [0.29, 0.717) is 0 Å². The van der Waals surface area contributed by atoms with E-state index in [0.717, 1.165) is 35.3 Å². The van der Waals surface area contributed by atoms with Crippen LogP contribution in [0.3, 0.4) is 0 Å². The number of benzene rings is 1. The molecule has 1 fully saturated rings. The molecule has 2 nitrogen and oxygen atoms in total. The minimum Gasteiger partial charge on any atom is -0.496 e. The van der Waals surface area contributed by atoms with Crippen molar-refractivity contribution in [2.45, 2.75) is 59.0 Å². The lowest BCUT2D eigenvalue weighted by molar-refractivity contribution is 0.00771. The van der Waals surface area contributed by atoms with Crippen molar-refractivity contribution in [3.05, 3.63) is 28.8 Å². The van der Waals surface area contributed by atoms with Gasteiger partial charge in [-0.05, 0) is 60.9 Å². The van der Waals surface area contributed by atoms with Gasteiger partial charge in [0.2, 0.25) is 0 Å². The fraction of sp³-hybridized carbons (Fsp3) is 0.647. The summed E-state index contributed by atoms with van der Waals surface area (Å²) in [4.78, 5) is 0. The monoisotopic (exact) mass is 262 g/mol. The molecule has 0 bridgehead atoms. The molecule has 1 aromatic carbocycles. The summed E-state index contributed by atoms with van der Waals surface area (Å²) in [6, 6.07) is 4.14. The molecule has 1 aliphatic carbocycles. The van der Waals surface area contributed by atoms with Crippen LogP contribution in [0.1, 0.15) is 61.8 Å². The molecule has 2 rings (SSSR count). The summed E-state index contributed by atoms with van der Waals surface area (Å²) in [5, 5.41) is 10.8. The predicted octanol–water partition coefficient (Wildman–Crippen LogP) is 4.32. The van der Waals surface area contributed by atoms with Gasteiger partial charge in [-0.25, -0.2) is 0 Å². The van der Waals surface area contributed by atoms with Gasteiger partial charge in [0, 0.05) is 0 Å². The molecular weight excluding hydrogens is 236 g/mol. The number of ether oxygens (including phenoxy) is 1. The van der Waals surface area contributed by atoms with Crippen LogP contribution in [0.5, 0.6) is 5.75 Å². The van der Waals surface area contributed by atoms with Crippen LogP contribution in [0.15, 0.2) is 12.1 Å². The minimum absolute atomic E-state index is 0.0318. The van der Waals surface area contributed by atoms with Crippen LogP contribution in [0.4, 0.5) is 0 Å². The molecule has 1 aliphatic rings. The zero-order chi connectivity index (χ0) is 14.0. The lowest BCUT2D eigenvalue weighted by atomic mass is 9.69. The number of methoxy groups -OCH3 is 1. The van der Waals surface area contributed by atoms with Gasteiger partial charge < -0.3 is 9.84 Å². The Morgan fingerprint density at radius 3 is 2.32 bits per heavy atom. The van der Waals surface area contributed by atoms with Gasteiger partial charge in [0.1, 0.15) is 5.75 Å². The molecule has 0 heterocycles. The van der Waals surface area contributed by atoms with E-state index in [1.54, 1.807) is 7.11 Å². The highest BCUT2D eigenvalue weighted by molar-refractivity contribution is 5.43. The molecular formula is C17H26O2. The van der Waals surface area contributed by atoms with E-state index in [1.165, 1.54) is 19.3 Å². The van der Waals surface area contributed by atoms with E-state index in [1.807, 2.05) is 13.0 Å². The summed E-state index contributed by atoms with van der Waals surface area (Å²) in [5.74, 6) is 0.905. The lowest BCUT2D eigenvalue weighted by Gasteiger charge is -2.38. The quantitative estimate of drug-likeness (QED) is 0.879. The molecule has 0 amide bonds. The first-order chi connectivity index (χ1) is 8.98. The normalized spacial score (nSPS) is 20.1. The smallest absolute Gasteiger partial charge is 0.122 e. The average Bonchev–Trinajstić information content (AvgIpc) is 2.41. The van der Waals surface area contributed by atoms with Gasteiger partial charge in [-0.2, -0.15) is 0 Å². The van der Waals surface area contributed by atoms with E-state index in [2.05, 4.69) is 19.9 Å². The Morgan fingerprint density at radius 2 is 1.74 bits per heavy atom. The van der Waals surface area contributed by atoms with Crippen molar-refractivity contribution in [2.75, 3.05) is 7.11 Å². The van der Waals surface area contributed by atoms with Gasteiger partial charge >= 0.3 is 0 Å². The summed E-state index contributed by atoms with van der Waals surface area (Å²) in [6.07, 6.45) is 5.67. The second kappa shape index (κ2) is 5.54. The van der Waals surface area contributed by atoms with Crippen LogP contribution in [0.2, 0.25) is 0 Å². The van der Waals surface area contributed by atoms with Crippen LogP contribution in [0, 0.1) is 19.3 Å². The summed E-state index contributed by atoms with van der Waals surface area (Å²) in [7, 11) is 1.69. The molecule has 0 saturated heterocycles. The Kier molecular flexibility index (Phi) is 4.19. The summed E-state index contributed by atoms with van der Waals surface area (Å²) in [6.45, 7) is 6.33. The maximum absolute atomic E-state index is 10.8. The van der Waals surface area contributed by atoms with Gasteiger partial charge in [-0.15, -0.1) is 0 Å². The van der Waals surface area contributed by atoms with Crippen LogP contribution >= 0.6 is 0 Å². The highest BCUT2D eigenvalue weighted by atomic mass is 16.5. The van der Waals surface area contributed by atoms with Crippen LogP contribution in [0.25, 0.3) is 0 Å². The highest BCUT2D eigenvalue weighted by Crippen LogP contribution is 2.46. The standard InChI is InChI=1S/C17H26O2/c1-12-11-15(19-4)13(2)10-14(12)16(18)17(3)8-6-5-7-9-17/h10-11,16,18H,5-9H2,1-4H3. The number of rotatable bonds is 3. The lowest BCUT2D eigenvalue weighted by Crippen LogP contribution is -2.28. The second-order valence-electron chi connectivity index (χ2n) is 6.30. The Bertz CT molecular complexity index is 445. The van der Waals surface area contributed by atoms with Gasteiger partial charge in [-0.1, -0.05) is 26.2 Å². The first-order valence-corrected chi connectivity index (χ1v) is 7.31. The average molecular weight is 262 g/mol. The molecule has 2 heteroatoms. The molecule has 1 saturated carbocycles. The van der Waals surface area contributed by atoms with E-state index >= 15 is 0 Å². The molecule has 1 unspecified atom stereocenters. The van der Waals surface area contributed by atoms with E-state index in [4.69, 9.17) is 4.74 Å². The molecule has 0 radical (unpaired) electrons. The van der Waals surface area contributed by atoms with Crippen LogP contribution in [-0.4, -0.2) is 12.2 Å². The highest BCUT2D eigenvalue weighted by Gasteiger charge is 2.36. The van der Waals surface area contributed by atoms with Crippen molar-refractivity contribution in [1.29, 1.82) is 0 Å². The number of aliphatic hydroxyl groups is 1. The van der Waals surface area contributed by atoms with E-state index < -0.39 is 0 Å². The molecule has 19 heavy (non-hydrogen) atoms. The van der Waals surface area contributed by atoms with Crippen LogP contribution in [-0.2, 0) is 0 Å². The van der Waals surface area contributed by atoms with Crippen molar-refractivity contribution in [1.82, 2.24) is 0 Å². The number of aliphatic hydroxyl groups excluding tert-OH is 1. The number of hydrogen-bond acceptors (Lipinski definition) is 2. The molecule has 1 N–H and O–H groups in total. The number of aryl methyl sites for hydroxylation is 2. The van der Waals surface area contributed by atoms with E-state index in [-0.39, 0.29) is 11.5 Å². The minimum atomic E-state index is -0.364. The fourth-order valence-electron chi connectivity index (χ4n) is 3.33. The van der Waals surface area contributed by atoms with Crippen LogP contribution < -0.4 is 4.74 Å². The van der Waals surface area contributed by atoms with Gasteiger partial charge in [0.05, 0.1) is 13.2 Å². The fourth-order valence-corrected chi connectivity index (χ4v) is 3.33. The summed E-state index contributed by atoms with van der Waals surface area (Å²) in [5.41, 5.74) is 3.33. The third-order valence-corrected chi connectivity index (χ3v) is 4.73. The van der Waals surface area contributed by atoms with Crippen molar-refractivity contribution >= 4 is 0 Å². The van der Waals surface area contributed by atoms with Gasteiger partial charge in [-0.3, -0.25) is 0 Å². The van der Waals surface area contributed by atoms with Gasteiger partial charge in [0.15, 0.2) is 0 Å².